The minimum Gasteiger partial charge on any atom is -0.326 e. The van der Waals surface area contributed by atoms with Gasteiger partial charge in [0.25, 0.3) is 0 Å². The molecule has 104 valence electrons. The van der Waals surface area contributed by atoms with Crippen LogP contribution in [-0.2, 0) is 4.79 Å². The van der Waals surface area contributed by atoms with Crippen LogP contribution in [-0.4, -0.2) is 15.5 Å². The van der Waals surface area contributed by atoms with Gasteiger partial charge in [-0.15, -0.1) is 0 Å². The molecule has 0 saturated heterocycles. The SMILES string of the molecule is Cc1cn(-c2cc(C)c3c(c2)C(C)CC(=O)N3)c(C)n1. The van der Waals surface area contributed by atoms with Crippen molar-refractivity contribution in [3.05, 3.63) is 41.0 Å². The van der Waals surface area contributed by atoms with E-state index in [4.69, 9.17) is 0 Å². The number of anilines is 1. The molecular formula is C16H19N3O. The fourth-order valence-electron chi connectivity index (χ4n) is 2.95. The number of aryl methyl sites for hydroxylation is 3. The maximum Gasteiger partial charge on any atom is 0.224 e. The highest BCUT2D eigenvalue weighted by Gasteiger charge is 2.24. The maximum absolute atomic E-state index is 11.7. The van der Waals surface area contributed by atoms with Crippen molar-refractivity contribution in [1.29, 1.82) is 0 Å². The molecule has 4 heteroatoms. The molecule has 1 N–H and O–H groups in total. The summed E-state index contributed by atoms with van der Waals surface area (Å²) in [4.78, 5) is 16.1. The summed E-state index contributed by atoms with van der Waals surface area (Å²) in [5.41, 5.74) is 5.42. The van der Waals surface area contributed by atoms with Crippen LogP contribution in [0.3, 0.4) is 0 Å². The fraction of sp³-hybridized carbons (Fsp3) is 0.375. The molecule has 1 aliphatic rings. The Balaban J connectivity index is 2.16. The van der Waals surface area contributed by atoms with E-state index >= 15 is 0 Å². The van der Waals surface area contributed by atoms with E-state index in [1.807, 2.05) is 27.0 Å². The second-order valence-corrected chi connectivity index (χ2v) is 5.68. The quantitative estimate of drug-likeness (QED) is 0.864. The molecule has 1 amide bonds. The Morgan fingerprint density at radius 3 is 2.70 bits per heavy atom. The summed E-state index contributed by atoms with van der Waals surface area (Å²) in [5.74, 6) is 1.34. The number of hydrogen-bond acceptors (Lipinski definition) is 2. The zero-order chi connectivity index (χ0) is 14.4. The van der Waals surface area contributed by atoms with Crippen LogP contribution in [0.2, 0.25) is 0 Å². The number of benzene rings is 1. The zero-order valence-electron chi connectivity index (χ0n) is 12.3. The zero-order valence-corrected chi connectivity index (χ0v) is 12.3. The van der Waals surface area contributed by atoms with Crippen molar-refractivity contribution in [3.63, 3.8) is 0 Å². The summed E-state index contributed by atoms with van der Waals surface area (Å²) >= 11 is 0. The molecule has 0 aliphatic carbocycles. The highest BCUT2D eigenvalue weighted by Crippen LogP contribution is 2.36. The number of carbonyl (C=O) groups is 1. The first-order chi connectivity index (χ1) is 9.45. The standard InChI is InChI=1S/C16H19N3O/c1-9-6-15(20)18-16-10(2)5-13(7-14(9)16)19-8-11(3)17-12(19)4/h5,7-9H,6H2,1-4H3,(H,18,20). The molecule has 0 radical (unpaired) electrons. The third-order valence-electron chi connectivity index (χ3n) is 3.92. The van der Waals surface area contributed by atoms with E-state index in [1.54, 1.807) is 0 Å². The number of carbonyl (C=O) groups excluding carboxylic acids is 1. The minimum atomic E-state index is 0.107. The number of hydrogen-bond donors (Lipinski definition) is 1. The smallest absolute Gasteiger partial charge is 0.224 e. The second kappa shape index (κ2) is 4.47. The van der Waals surface area contributed by atoms with Crippen molar-refractivity contribution in [2.24, 2.45) is 0 Å². The average molecular weight is 269 g/mol. The van der Waals surface area contributed by atoms with Crippen LogP contribution in [0.1, 0.15) is 41.9 Å². The fourth-order valence-corrected chi connectivity index (χ4v) is 2.95. The molecule has 1 aliphatic heterocycles. The Morgan fingerprint density at radius 2 is 2.05 bits per heavy atom. The van der Waals surface area contributed by atoms with E-state index in [-0.39, 0.29) is 11.8 Å². The van der Waals surface area contributed by atoms with Gasteiger partial charge in [0, 0.05) is 24.0 Å². The van der Waals surface area contributed by atoms with Gasteiger partial charge in [0.15, 0.2) is 0 Å². The predicted octanol–water partition coefficient (Wildman–Crippen LogP) is 3.24. The number of aromatic nitrogens is 2. The van der Waals surface area contributed by atoms with Gasteiger partial charge >= 0.3 is 0 Å². The number of imidazole rings is 1. The first-order valence-electron chi connectivity index (χ1n) is 6.93. The van der Waals surface area contributed by atoms with Gasteiger partial charge in [-0.2, -0.15) is 0 Å². The van der Waals surface area contributed by atoms with Gasteiger partial charge in [0.1, 0.15) is 5.82 Å². The van der Waals surface area contributed by atoms with Crippen molar-refractivity contribution in [3.8, 4) is 5.69 Å². The number of fused-ring (bicyclic) bond motifs is 1. The second-order valence-electron chi connectivity index (χ2n) is 5.68. The lowest BCUT2D eigenvalue weighted by Gasteiger charge is -2.25. The Hall–Kier alpha value is -2.10. The highest BCUT2D eigenvalue weighted by atomic mass is 16.1. The monoisotopic (exact) mass is 269 g/mol. The Kier molecular flexibility index (Phi) is 2.89. The summed E-state index contributed by atoms with van der Waals surface area (Å²) in [6.07, 6.45) is 2.60. The Bertz CT molecular complexity index is 700. The average Bonchev–Trinajstić information content (AvgIpc) is 2.69. The number of rotatable bonds is 1. The molecular weight excluding hydrogens is 250 g/mol. The van der Waals surface area contributed by atoms with Crippen LogP contribution in [0, 0.1) is 20.8 Å². The van der Waals surface area contributed by atoms with Gasteiger partial charge in [-0.3, -0.25) is 4.79 Å². The lowest BCUT2D eigenvalue weighted by atomic mass is 9.90. The molecule has 0 spiro atoms. The number of nitrogens with one attached hydrogen (secondary N) is 1. The van der Waals surface area contributed by atoms with Crippen LogP contribution in [0.4, 0.5) is 5.69 Å². The first-order valence-corrected chi connectivity index (χ1v) is 6.93. The Labute approximate surface area is 118 Å². The van der Waals surface area contributed by atoms with Crippen molar-refractivity contribution in [1.82, 2.24) is 9.55 Å². The molecule has 2 heterocycles. The lowest BCUT2D eigenvalue weighted by Crippen LogP contribution is -2.22. The molecule has 0 saturated carbocycles. The number of amides is 1. The predicted molar refractivity (Wildman–Crippen MR) is 79.4 cm³/mol. The molecule has 0 fully saturated rings. The van der Waals surface area contributed by atoms with E-state index in [9.17, 15) is 4.79 Å². The van der Waals surface area contributed by atoms with Crippen molar-refractivity contribution >= 4 is 11.6 Å². The van der Waals surface area contributed by atoms with Gasteiger partial charge < -0.3 is 9.88 Å². The summed E-state index contributed by atoms with van der Waals surface area (Å²) in [7, 11) is 0. The van der Waals surface area contributed by atoms with Gasteiger partial charge in [0.2, 0.25) is 5.91 Å². The molecule has 1 atom stereocenters. The molecule has 2 aromatic rings. The summed E-state index contributed by atoms with van der Waals surface area (Å²) < 4.78 is 2.10. The molecule has 4 nitrogen and oxygen atoms in total. The van der Waals surface area contributed by atoms with Gasteiger partial charge in [-0.25, -0.2) is 4.98 Å². The van der Waals surface area contributed by atoms with Gasteiger partial charge in [0.05, 0.1) is 5.69 Å². The largest absolute Gasteiger partial charge is 0.326 e. The van der Waals surface area contributed by atoms with Crippen LogP contribution in [0.15, 0.2) is 18.3 Å². The van der Waals surface area contributed by atoms with Crippen LogP contribution in [0.5, 0.6) is 0 Å². The van der Waals surface area contributed by atoms with Gasteiger partial charge in [-0.1, -0.05) is 6.92 Å². The van der Waals surface area contributed by atoms with E-state index in [0.717, 1.165) is 28.5 Å². The third kappa shape index (κ3) is 2.01. The number of nitrogens with zero attached hydrogens (tertiary/aromatic N) is 2. The molecule has 0 bridgehead atoms. The normalized spacial score (nSPS) is 17.8. The highest BCUT2D eigenvalue weighted by molar-refractivity contribution is 5.95. The van der Waals surface area contributed by atoms with Crippen molar-refractivity contribution in [2.45, 2.75) is 40.0 Å². The summed E-state index contributed by atoms with van der Waals surface area (Å²) in [6.45, 7) is 8.15. The third-order valence-corrected chi connectivity index (χ3v) is 3.92. The molecule has 20 heavy (non-hydrogen) atoms. The Morgan fingerprint density at radius 1 is 1.30 bits per heavy atom. The van der Waals surface area contributed by atoms with Crippen molar-refractivity contribution < 1.29 is 4.79 Å². The topological polar surface area (TPSA) is 46.9 Å². The minimum absolute atomic E-state index is 0.107. The lowest BCUT2D eigenvalue weighted by molar-refractivity contribution is -0.116. The molecule has 1 aromatic heterocycles. The molecule has 3 rings (SSSR count). The summed E-state index contributed by atoms with van der Waals surface area (Å²) in [6, 6.07) is 4.27. The van der Waals surface area contributed by atoms with Crippen LogP contribution in [0.25, 0.3) is 5.69 Å². The van der Waals surface area contributed by atoms with E-state index < -0.39 is 0 Å². The van der Waals surface area contributed by atoms with E-state index in [1.165, 1.54) is 5.56 Å². The van der Waals surface area contributed by atoms with Crippen molar-refractivity contribution in [2.75, 3.05) is 5.32 Å². The summed E-state index contributed by atoms with van der Waals surface area (Å²) in [5, 5.41) is 2.99. The van der Waals surface area contributed by atoms with Crippen LogP contribution >= 0.6 is 0 Å². The van der Waals surface area contributed by atoms with Gasteiger partial charge in [-0.05, 0) is 49.9 Å². The molecule has 1 aromatic carbocycles. The van der Waals surface area contributed by atoms with Crippen LogP contribution < -0.4 is 5.32 Å². The van der Waals surface area contributed by atoms with E-state index in [0.29, 0.717) is 6.42 Å². The van der Waals surface area contributed by atoms with E-state index in [2.05, 4.69) is 33.9 Å². The first kappa shape index (κ1) is 12.9. The molecule has 1 unspecified atom stereocenters. The maximum atomic E-state index is 11.7.